The van der Waals surface area contributed by atoms with E-state index in [1.54, 1.807) is 23.0 Å². The third-order valence-corrected chi connectivity index (χ3v) is 5.91. The van der Waals surface area contributed by atoms with E-state index in [4.69, 9.17) is 0 Å². The maximum Gasteiger partial charge on any atom is 0.244 e. The van der Waals surface area contributed by atoms with Crippen LogP contribution >= 0.6 is 12.4 Å². The van der Waals surface area contributed by atoms with Gasteiger partial charge in [0.1, 0.15) is 12.4 Å². The molecule has 2 aromatic carbocycles. The molecule has 146 valence electrons. The Balaban J connectivity index is 0.00000192. The third-order valence-electron chi connectivity index (χ3n) is 5.91. The van der Waals surface area contributed by atoms with E-state index >= 15 is 0 Å². The fourth-order valence-electron chi connectivity index (χ4n) is 4.67. The lowest BCUT2D eigenvalue weighted by Gasteiger charge is -2.28. The summed E-state index contributed by atoms with van der Waals surface area (Å²) < 4.78 is 15.6. The molecule has 0 spiro atoms. The van der Waals surface area contributed by atoms with Gasteiger partial charge in [0, 0.05) is 30.9 Å². The van der Waals surface area contributed by atoms with Crippen LogP contribution in [0.4, 0.5) is 4.39 Å². The maximum atomic E-state index is 13.8. The Kier molecular flexibility index (Phi) is 5.08. The molecular weight excluding hydrogens is 379 g/mol. The van der Waals surface area contributed by atoms with Gasteiger partial charge in [-0.1, -0.05) is 30.3 Å². The van der Waals surface area contributed by atoms with Gasteiger partial charge in [-0.2, -0.15) is 5.10 Å². The van der Waals surface area contributed by atoms with E-state index in [-0.39, 0.29) is 36.7 Å². The van der Waals surface area contributed by atoms with Gasteiger partial charge in [-0.3, -0.25) is 9.48 Å². The molecule has 5 nitrogen and oxygen atoms in total. The predicted molar refractivity (Wildman–Crippen MR) is 108 cm³/mol. The summed E-state index contributed by atoms with van der Waals surface area (Å²) >= 11 is 0. The highest BCUT2D eigenvalue weighted by molar-refractivity contribution is 5.85. The van der Waals surface area contributed by atoms with E-state index in [0.717, 1.165) is 29.6 Å². The molecule has 1 amide bonds. The van der Waals surface area contributed by atoms with Crippen molar-refractivity contribution in [2.75, 3.05) is 19.6 Å². The number of nitrogens with zero attached hydrogens (tertiary/aromatic N) is 3. The molecule has 1 N–H and O–H groups in total. The van der Waals surface area contributed by atoms with Gasteiger partial charge in [0.15, 0.2) is 0 Å². The van der Waals surface area contributed by atoms with Crippen molar-refractivity contribution in [2.45, 2.75) is 12.6 Å². The predicted octanol–water partition coefficient (Wildman–Crippen LogP) is 3.02. The summed E-state index contributed by atoms with van der Waals surface area (Å²) in [5.41, 5.74) is 1.83. The highest BCUT2D eigenvalue weighted by Gasteiger charge is 2.46. The minimum absolute atomic E-state index is 0. The number of carbonyl (C=O) groups excluding carboxylic acids is 1. The third kappa shape index (κ3) is 3.16. The smallest absolute Gasteiger partial charge is 0.244 e. The molecule has 0 bridgehead atoms. The number of nitrogens with one attached hydrogen (secondary N) is 1. The second kappa shape index (κ2) is 7.53. The lowest BCUT2D eigenvalue weighted by Crippen LogP contribution is -2.37. The van der Waals surface area contributed by atoms with Crippen molar-refractivity contribution < 1.29 is 9.18 Å². The standard InChI is InChI=1S/C21H21FN4O.ClH/c22-17-6-3-5-14(8-17)21-18-11-23-9-16(18)12-25(21)20(27)13-26-19-7-2-1-4-15(19)10-24-26;/h1-8,10,16,18,21,23H,9,11-13H2;1H/t16-,18-,21-;/m0./s1. The number of fused-ring (bicyclic) bond motifs is 2. The molecule has 0 radical (unpaired) electrons. The van der Waals surface area contributed by atoms with Crippen LogP contribution in [0.25, 0.3) is 10.9 Å². The second-order valence-electron chi connectivity index (χ2n) is 7.49. The van der Waals surface area contributed by atoms with Gasteiger partial charge in [0.25, 0.3) is 0 Å². The summed E-state index contributed by atoms with van der Waals surface area (Å²) in [6.45, 7) is 2.67. The number of benzene rings is 2. The van der Waals surface area contributed by atoms with Crippen molar-refractivity contribution in [1.29, 1.82) is 0 Å². The molecule has 7 heteroatoms. The molecule has 0 saturated carbocycles. The van der Waals surface area contributed by atoms with E-state index in [2.05, 4.69) is 10.4 Å². The minimum atomic E-state index is -0.257. The molecule has 3 aromatic rings. The van der Waals surface area contributed by atoms with E-state index in [1.165, 1.54) is 6.07 Å². The number of aromatic nitrogens is 2. The van der Waals surface area contributed by atoms with Crippen LogP contribution in [0.1, 0.15) is 11.6 Å². The first-order valence-corrected chi connectivity index (χ1v) is 9.37. The molecule has 1 aromatic heterocycles. The summed E-state index contributed by atoms with van der Waals surface area (Å²) in [6, 6.07) is 14.5. The first-order valence-electron chi connectivity index (χ1n) is 9.37. The summed E-state index contributed by atoms with van der Waals surface area (Å²) in [7, 11) is 0. The van der Waals surface area contributed by atoms with Crippen molar-refractivity contribution in [3.63, 3.8) is 0 Å². The average Bonchev–Trinajstić information content (AvgIpc) is 3.36. The summed E-state index contributed by atoms with van der Waals surface area (Å²) in [4.78, 5) is 15.1. The topological polar surface area (TPSA) is 50.2 Å². The zero-order valence-electron chi connectivity index (χ0n) is 15.3. The van der Waals surface area contributed by atoms with Crippen molar-refractivity contribution in [3.8, 4) is 0 Å². The number of rotatable bonds is 3. The number of hydrogen-bond acceptors (Lipinski definition) is 3. The Morgan fingerprint density at radius 1 is 1.18 bits per heavy atom. The summed E-state index contributed by atoms with van der Waals surface area (Å²) in [6.07, 6.45) is 1.79. The Bertz CT molecular complexity index is 1010. The van der Waals surface area contributed by atoms with Gasteiger partial charge in [-0.25, -0.2) is 4.39 Å². The number of hydrogen-bond donors (Lipinski definition) is 1. The summed E-state index contributed by atoms with van der Waals surface area (Å²) in [5.74, 6) is 0.515. The number of halogens is 2. The van der Waals surface area contributed by atoms with E-state index in [1.807, 2.05) is 35.2 Å². The molecule has 2 aliphatic heterocycles. The largest absolute Gasteiger partial charge is 0.333 e. The maximum absolute atomic E-state index is 13.8. The molecule has 5 rings (SSSR count). The molecule has 0 aliphatic carbocycles. The van der Waals surface area contributed by atoms with Gasteiger partial charge in [0.05, 0.1) is 17.8 Å². The average molecular weight is 401 g/mol. The SMILES string of the molecule is Cl.O=C(Cn1ncc2ccccc21)N1C[C@@H]2CNC[C@@H]2[C@@H]1c1cccc(F)c1. The minimum Gasteiger partial charge on any atom is -0.333 e. The monoisotopic (exact) mass is 400 g/mol. The Morgan fingerprint density at radius 2 is 2.04 bits per heavy atom. The van der Waals surface area contributed by atoms with Gasteiger partial charge in [-0.05, 0) is 29.7 Å². The van der Waals surface area contributed by atoms with Gasteiger partial charge >= 0.3 is 0 Å². The highest BCUT2D eigenvalue weighted by atomic mass is 35.5. The van der Waals surface area contributed by atoms with Gasteiger partial charge in [0.2, 0.25) is 5.91 Å². The second-order valence-corrected chi connectivity index (χ2v) is 7.49. The molecule has 3 atom stereocenters. The van der Waals surface area contributed by atoms with E-state index in [0.29, 0.717) is 18.4 Å². The van der Waals surface area contributed by atoms with Crippen LogP contribution in [-0.2, 0) is 11.3 Å². The fraction of sp³-hybridized carbons (Fsp3) is 0.333. The van der Waals surface area contributed by atoms with Gasteiger partial charge < -0.3 is 10.2 Å². The van der Waals surface area contributed by atoms with E-state index in [9.17, 15) is 9.18 Å². The number of para-hydroxylation sites is 1. The number of likely N-dealkylation sites (tertiary alicyclic amines) is 1. The molecule has 28 heavy (non-hydrogen) atoms. The van der Waals surface area contributed by atoms with Crippen LogP contribution in [-0.4, -0.2) is 40.2 Å². The Hall–Kier alpha value is -2.44. The number of carbonyl (C=O) groups is 1. The Morgan fingerprint density at radius 3 is 2.89 bits per heavy atom. The van der Waals surface area contributed by atoms with Crippen molar-refractivity contribution >= 4 is 29.2 Å². The Labute approximate surface area is 168 Å². The molecular formula is C21H22ClFN4O. The van der Waals surface area contributed by atoms with Crippen molar-refractivity contribution in [2.24, 2.45) is 11.8 Å². The van der Waals surface area contributed by atoms with Crippen LogP contribution < -0.4 is 5.32 Å². The van der Waals surface area contributed by atoms with Crippen LogP contribution in [0, 0.1) is 17.7 Å². The van der Waals surface area contributed by atoms with Crippen molar-refractivity contribution in [1.82, 2.24) is 20.0 Å². The van der Waals surface area contributed by atoms with Gasteiger partial charge in [-0.15, -0.1) is 12.4 Å². The highest BCUT2D eigenvalue weighted by Crippen LogP contribution is 2.42. The zero-order valence-corrected chi connectivity index (χ0v) is 16.1. The molecule has 2 saturated heterocycles. The molecule has 3 heterocycles. The van der Waals surface area contributed by atoms with Crippen LogP contribution in [0.5, 0.6) is 0 Å². The van der Waals surface area contributed by atoms with Crippen molar-refractivity contribution in [3.05, 3.63) is 66.1 Å². The van der Waals surface area contributed by atoms with Crippen LogP contribution in [0.2, 0.25) is 0 Å². The molecule has 0 unspecified atom stereocenters. The van der Waals surface area contributed by atoms with Crippen LogP contribution in [0.15, 0.2) is 54.7 Å². The first kappa shape index (κ1) is 18.9. The first-order chi connectivity index (χ1) is 13.2. The molecule has 2 aliphatic rings. The zero-order chi connectivity index (χ0) is 18.4. The van der Waals surface area contributed by atoms with Crippen LogP contribution in [0.3, 0.4) is 0 Å². The number of amides is 1. The fourth-order valence-corrected chi connectivity index (χ4v) is 4.67. The molecule has 2 fully saturated rings. The summed E-state index contributed by atoms with van der Waals surface area (Å²) in [5, 5.41) is 8.83. The quantitative estimate of drug-likeness (QED) is 0.735. The lowest BCUT2D eigenvalue weighted by atomic mass is 9.89. The lowest BCUT2D eigenvalue weighted by molar-refractivity contribution is -0.133. The normalized spacial score (nSPS) is 23.6. The van der Waals surface area contributed by atoms with E-state index < -0.39 is 0 Å².